The Bertz CT molecular complexity index is 248. The molecule has 104 valence electrons. The Hall–Kier alpha value is -0.370. The summed E-state index contributed by atoms with van der Waals surface area (Å²) >= 11 is 0. The van der Waals surface area contributed by atoms with Gasteiger partial charge in [-0.1, -0.05) is 13.3 Å². The maximum atomic E-state index is 12.1. The third kappa shape index (κ3) is 4.08. The zero-order valence-corrected chi connectivity index (χ0v) is 11.8. The van der Waals surface area contributed by atoms with Gasteiger partial charge >= 0.3 is 0 Å². The van der Waals surface area contributed by atoms with Crippen LogP contribution < -0.4 is 0 Å². The topological polar surface area (TPSA) is 26.3 Å². The fourth-order valence-electron chi connectivity index (χ4n) is 3.47. The average molecular weight is 252 g/mol. The molecule has 0 N–H and O–H groups in total. The van der Waals surface area contributed by atoms with Gasteiger partial charge < -0.3 is 4.74 Å². The largest absolute Gasteiger partial charge is 0.378 e. The zero-order chi connectivity index (χ0) is 12.8. The van der Waals surface area contributed by atoms with Crippen LogP contribution in [0.3, 0.4) is 0 Å². The SMILES string of the molecule is CCC1CCC(C(=O)CCCC2CCCO2)CC1. The molecule has 1 aliphatic heterocycles. The van der Waals surface area contributed by atoms with Crippen LogP contribution in [0.5, 0.6) is 0 Å². The summed E-state index contributed by atoms with van der Waals surface area (Å²) in [5.41, 5.74) is 0. The summed E-state index contributed by atoms with van der Waals surface area (Å²) in [5, 5.41) is 0. The van der Waals surface area contributed by atoms with Crippen molar-refractivity contribution in [2.45, 2.75) is 77.2 Å². The Labute approximate surface area is 111 Å². The van der Waals surface area contributed by atoms with Crippen LogP contribution in [0.4, 0.5) is 0 Å². The maximum absolute atomic E-state index is 12.1. The lowest BCUT2D eigenvalue weighted by Crippen LogP contribution is -2.21. The monoisotopic (exact) mass is 252 g/mol. The highest BCUT2D eigenvalue weighted by molar-refractivity contribution is 5.81. The molecule has 1 unspecified atom stereocenters. The van der Waals surface area contributed by atoms with Crippen molar-refractivity contribution in [1.82, 2.24) is 0 Å². The highest BCUT2D eigenvalue weighted by Gasteiger charge is 2.25. The molecule has 2 aliphatic rings. The molecule has 1 saturated heterocycles. The van der Waals surface area contributed by atoms with Gasteiger partial charge in [0.1, 0.15) is 5.78 Å². The fourth-order valence-corrected chi connectivity index (χ4v) is 3.47. The van der Waals surface area contributed by atoms with Crippen LogP contribution in [0.25, 0.3) is 0 Å². The van der Waals surface area contributed by atoms with E-state index >= 15 is 0 Å². The lowest BCUT2D eigenvalue weighted by Gasteiger charge is -2.26. The maximum Gasteiger partial charge on any atom is 0.135 e. The van der Waals surface area contributed by atoms with Gasteiger partial charge in [0, 0.05) is 18.9 Å². The van der Waals surface area contributed by atoms with E-state index < -0.39 is 0 Å². The van der Waals surface area contributed by atoms with Crippen LogP contribution >= 0.6 is 0 Å². The molecule has 18 heavy (non-hydrogen) atoms. The molecule has 1 saturated carbocycles. The Kier molecular flexibility index (Phi) is 5.68. The highest BCUT2D eigenvalue weighted by Crippen LogP contribution is 2.32. The first kappa shape index (κ1) is 14.0. The molecule has 0 radical (unpaired) electrons. The quantitative estimate of drug-likeness (QED) is 0.710. The van der Waals surface area contributed by atoms with E-state index in [9.17, 15) is 4.79 Å². The average Bonchev–Trinajstić information content (AvgIpc) is 2.92. The van der Waals surface area contributed by atoms with Gasteiger partial charge in [-0.05, 0) is 57.3 Å². The van der Waals surface area contributed by atoms with E-state index in [2.05, 4.69) is 6.92 Å². The van der Waals surface area contributed by atoms with Crippen molar-refractivity contribution in [3.63, 3.8) is 0 Å². The lowest BCUT2D eigenvalue weighted by atomic mass is 9.78. The minimum Gasteiger partial charge on any atom is -0.378 e. The fraction of sp³-hybridized carbons (Fsp3) is 0.938. The number of ketones is 1. The first-order valence-electron chi connectivity index (χ1n) is 7.94. The number of hydrogen-bond acceptors (Lipinski definition) is 2. The third-order valence-corrected chi connectivity index (χ3v) is 4.85. The zero-order valence-electron chi connectivity index (χ0n) is 11.8. The van der Waals surface area contributed by atoms with Crippen molar-refractivity contribution >= 4 is 5.78 Å². The van der Waals surface area contributed by atoms with Gasteiger partial charge in [-0.3, -0.25) is 4.79 Å². The number of carbonyl (C=O) groups excluding carboxylic acids is 1. The Balaban J connectivity index is 1.59. The molecule has 1 heterocycles. The molecule has 0 aromatic heterocycles. The van der Waals surface area contributed by atoms with E-state index in [0.717, 1.165) is 44.6 Å². The summed E-state index contributed by atoms with van der Waals surface area (Å²) in [6.45, 7) is 3.20. The minimum absolute atomic E-state index is 0.386. The van der Waals surface area contributed by atoms with Gasteiger partial charge in [-0.2, -0.15) is 0 Å². The van der Waals surface area contributed by atoms with E-state index in [1.807, 2.05) is 0 Å². The van der Waals surface area contributed by atoms with Crippen LogP contribution in [-0.2, 0) is 9.53 Å². The molecule has 0 aromatic rings. The number of carbonyl (C=O) groups is 1. The van der Waals surface area contributed by atoms with E-state index in [0.29, 0.717) is 17.8 Å². The number of rotatable bonds is 6. The standard InChI is InChI=1S/C16H28O2/c1-2-13-8-10-14(11-9-13)16(17)7-3-5-15-6-4-12-18-15/h13-15H,2-12H2,1H3. The van der Waals surface area contributed by atoms with Gasteiger partial charge in [0.15, 0.2) is 0 Å². The number of Topliss-reactive ketones (excluding diaryl/α,β-unsaturated/α-hetero) is 1. The molecule has 0 aromatic carbocycles. The van der Waals surface area contributed by atoms with Crippen LogP contribution in [0, 0.1) is 11.8 Å². The molecule has 2 rings (SSSR count). The summed E-state index contributed by atoms with van der Waals surface area (Å²) in [6, 6.07) is 0. The van der Waals surface area contributed by atoms with Crippen molar-refractivity contribution in [2.24, 2.45) is 11.8 Å². The predicted octanol–water partition coefficient (Wildman–Crippen LogP) is 4.12. The van der Waals surface area contributed by atoms with E-state index in [-0.39, 0.29) is 0 Å². The second-order valence-electron chi connectivity index (χ2n) is 6.12. The summed E-state index contributed by atoms with van der Waals surface area (Å²) < 4.78 is 5.60. The normalized spacial score (nSPS) is 32.6. The van der Waals surface area contributed by atoms with Crippen molar-refractivity contribution in [2.75, 3.05) is 6.61 Å². The molecule has 2 heteroatoms. The Morgan fingerprint density at radius 2 is 1.94 bits per heavy atom. The van der Waals surface area contributed by atoms with Crippen LogP contribution in [0.15, 0.2) is 0 Å². The van der Waals surface area contributed by atoms with Crippen molar-refractivity contribution in [3.05, 3.63) is 0 Å². The van der Waals surface area contributed by atoms with Crippen molar-refractivity contribution in [3.8, 4) is 0 Å². The number of ether oxygens (including phenoxy) is 1. The van der Waals surface area contributed by atoms with Gasteiger partial charge in [-0.15, -0.1) is 0 Å². The van der Waals surface area contributed by atoms with Crippen molar-refractivity contribution < 1.29 is 9.53 Å². The third-order valence-electron chi connectivity index (χ3n) is 4.85. The summed E-state index contributed by atoms with van der Waals surface area (Å²) in [4.78, 5) is 12.1. The molecule has 1 atom stereocenters. The molecule has 1 aliphatic carbocycles. The molecule has 0 amide bonds. The number of hydrogen-bond donors (Lipinski definition) is 0. The Morgan fingerprint density at radius 1 is 1.17 bits per heavy atom. The van der Waals surface area contributed by atoms with Crippen molar-refractivity contribution in [1.29, 1.82) is 0 Å². The first-order valence-corrected chi connectivity index (χ1v) is 7.94. The van der Waals surface area contributed by atoms with Gasteiger partial charge in [0.05, 0.1) is 6.10 Å². The smallest absolute Gasteiger partial charge is 0.135 e. The molecular weight excluding hydrogens is 224 g/mol. The minimum atomic E-state index is 0.386. The van der Waals surface area contributed by atoms with E-state index in [4.69, 9.17) is 4.74 Å². The van der Waals surface area contributed by atoms with Gasteiger partial charge in [0.2, 0.25) is 0 Å². The molecule has 0 bridgehead atoms. The highest BCUT2D eigenvalue weighted by atomic mass is 16.5. The molecule has 0 spiro atoms. The van der Waals surface area contributed by atoms with E-state index in [1.54, 1.807) is 0 Å². The Morgan fingerprint density at radius 3 is 2.56 bits per heavy atom. The summed E-state index contributed by atoms with van der Waals surface area (Å²) in [6.07, 6.45) is 11.9. The molecule has 2 fully saturated rings. The molecule has 2 nitrogen and oxygen atoms in total. The van der Waals surface area contributed by atoms with Crippen LogP contribution in [0.1, 0.15) is 71.1 Å². The van der Waals surface area contributed by atoms with Crippen LogP contribution in [0.2, 0.25) is 0 Å². The van der Waals surface area contributed by atoms with Gasteiger partial charge in [0.25, 0.3) is 0 Å². The molecular formula is C16H28O2. The van der Waals surface area contributed by atoms with Gasteiger partial charge in [-0.25, -0.2) is 0 Å². The lowest BCUT2D eigenvalue weighted by molar-refractivity contribution is -0.124. The second kappa shape index (κ2) is 7.28. The first-order chi connectivity index (χ1) is 8.79. The van der Waals surface area contributed by atoms with E-state index in [1.165, 1.54) is 32.1 Å². The summed E-state index contributed by atoms with van der Waals surface area (Å²) in [5.74, 6) is 1.81. The predicted molar refractivity (Wildman–Crippen MR) is 73.6 cm³/mol. The summed E-state index contributed by atoms with van der Waals surface area (Å²) in [7, 11) is 0. The van der Waals surface area contributed by atoms with Crippen LogP contribution in [-0.4, -0.2) is 18.5 Å². The second-order valence-corrected chi connectivity index (χ2v) is 6.12.